The van der Waals surface area contributed by atoms with Gasteiger partial charge in [-0.05, 0) is 34.3 Å². The summed E-state index contributed by atoms with van der Waals surface area (Å²) >= 11 is 3.32. The lowest BCUT2D eigenvalue weighted by Crippen LogP contribution is -2.19. The van der Waals surface area contributed by atoms with Crippen molar-refractivity contribution in [2.75, 3.05) is 0 Å². The van der Waals surface area contributed by atoms with E-state index in [1.807, 2.05) is 6.07 Å². The lowest BCUT2D eigenvalue weighted by atomic mass is 9.87. The maximum absolute atomic E-state index is 11.6. The molecule has 0 saturated heterocycles. The quantitative estimate of drug-likeness (QED) is 0.697. The number of nitrogens with zero attached hydrogens (tertiary/aromatic N) is 1. The van der Waals surface area contributed by atoms with Crippen LogP contribution in [0.25, 0.3) is 0 Å². The molecule has 0 amide bonds. The molecule has 0 aliphatic heterocycles. The number of rotatable bonds is 0. The zero-order valence-electron chi connectivity index (χ0n) is 7.38. The lowest BCUT2D eigenvalue weighted by molar-refractivity contribution is 0.0952. The SMILES string of the molecule is CC1CC(=O)c2cc(Br)cnc2C1. The van der Waals surface area contributed by atoms with Gasteiger partial charge in [0.15, 0.2) is 5.78 Å². The third-order valence-corrected chi connectivity index (χ3v) is 2.75. The fraction of sp³-hybridized carbons (Fsp3) is 0.400. The summed E-state index contributed by atoms with van der Waals surface area (Å²) in [6, 6.07) is 1.87. The van der Waals surface area contributed by atoms with Crippen molar-refractivity contribution in [2.24, 2.45) is 5.92 Å². The molecule has 0 bridgehead atoms. The summed E-state index contributed by atoms with van der Waals surface area (Å²) < 4.78 is 0.883. The second-order valence-electron chi connectivity index (χ2n) is 3.58. The molecule has 13 heavy (non-hydrogen) atoms. The number of aromatic nitrogens is 1. The molecule has 0 fully saturated rings. The number of carbonyl (C=O) groups excluding carboxylic acids is 1. The Morgan fingerprint density at radius 1 is 1.54 bits per heavy atom. The van der Waals surface area contributed by atoms with E-state index >= 15 is 0 Å². The first-order valence-electron chi connectivity index (χ1n) is 4.34. The Balaban J connectivity index is 2.49. The van der Waals surface area contributed by atoms with Gasteiger partial charge in [-0.2, -0.15) is 0 Å². The highest BCUT2D eigenvalue weighted by Crippen LogP contribution is 2.25. The summed E-state index contributed by atoms with van der Waals surface area (Å²) in [6.07, 6.45) is 3.34. The number of Topliss-reactive ketones (excluding diaryl/α,β-unsaturated/α-hetero) is 1. The van der Waals surface area contributed by atoms with E-state index in [4.69, 9.17) is 0 Å². The first-order valence-corrected chi connectivity index (χ1v) is 5.13. The molecule has 1 unspecified atom stereocenters. The third-order valence-electron chi connectivity index (χ3n) is 2.31. The number of fused-ring (bicyclic) bond motifs is 1. The highest BCUT2D eigenvalue weighted by molar-refractivity contribution is 9.10. The van der Waals surface area contributed by atoms with Crippen LogP contribution in [0, 0.1) is 5.92 Å². The predicted molar refractivity (Wildman–Crippen MR) is 53.8 cm³/mol. The minimum Gasteiger partial charge on any atom is -0.294 e. The molecular weight excluding hydrogens is 230 g/mol. The molecule has 0 aromatic carbocycles. The second kappa shape index (κ2) is 3.22. The van der Waals surface area contributed by atoms with Crippen LogP contribution in [0.4, 0.5) is 0 Å². The van der Waals surface area contributed by atoms with Gasteiger partial charge in [-0.1, -0.05) is 6.92 Å². The number of halogens is 1. The van der Waals surface area contributed by atoms with E-state index in [1.165, 1.54) is 0 Å². The normalized spacial score (nSPS) is 21.4. The molecule has 1 heterocycles. The molecule has 0 spiro atoms. The Morgan fingerprint density at radius 2 is 2.31 bits per heavy atom. The molecule has 0 N–H and O–H groups in total. The maximum Gasteiger partial charge on any atom is 0.165 e. The Hall–Kier alpha value is -0.700. The number of pyridine rings is 1. The smallest absolute Gasteiger partial charge is 0.165 e. The summed E-state index contributed by atoms with van der Waals surface area (Å²) in [7, 11) is 0. The summed E-state index contributed by atoms with van der Waals surface area (Å²) in [5.74, 6) is 0.663. The highest BCUT2D eigenvalue weighted by atomic mass is 79.9. The van der Waals surface area contributed by atoms with Crippen LogP contribution < -0.4 is 0 Å². The highest BCUT2D eigenvalue weighted by Gasteiger charge is 2.23. The van der Waals surface area contributed by atoms with Crippen molar-refractivity contribution in [2.45, 2.75) is 19.8 Å². The number of hydrogen-bond acceptors (Lipinski definition) is 2. The van der Waals surface area contributed by atoms with Gasteiger partial charge in [0, 0.05) is 22.7 Å². The van der Waals surface area contributed by atoms with Crippen molar-refractivity contribution < 1.29 is 4.79 Å². The van der Waals surface area contributed by atoms with E-state index in [-0.39, 0.29) is 5.78 Å². The van der Waals surface area contributed by atoms with Crippen molar-refractivity contribution in [1.29, 1.82) is 0 Å². The standard InChI is InChI=1S/C10H10BrNO/c1-6-2-9-8(10(13)3-6)4-7(11)5-12-9/h4-6H,2-3H2,1H3. The first-order chi connectivity index (χ1) is 6.16. The van der Waals surface area contributed by atoms with Crippen LogP contribution in [-0.2, 0) is 6.42 Å². The van der Waals surface area contributed by atoms with Gasteiger partial charge >= 0.3 is 0 Å². The predicted octanol–water partition coefficient (Wildman–Crippen LogP) is 2.61. The topological polar surface area (TPSA) is 30.0 Å². The van der Waals surface area contributed by atoms with E-state index < -0.39 is 0 Å². The zero-order valence-corrected chi connectivity index (χ0v) is 8.97. The number of carbonyl (C=O) groups is 1. The van der Waals surface area contributed by atoms with Gasteiger partial charge in [0.1, 0.15) is 0 Å². The van der Waals surface area contributed by atoms with E-state index in [0.717, 1.165) is 22.2 Å². The summed E-state index contributed by atoms with van der Waals surface area (Å²) in [4.78, 5) is 15.8. The molecule has 1 aliphatic carbocycles. The summed E-state index contributed by atoms with van der Waals surface area (Å²) in [5, 5.41) is 0. The first kappa shape index (κ1) is 8.88. The van der Waals surface area contributed by atoms with Gasteiger partial charge in [-0.3, -0.25) is 9.78 Å². The molecule has 1 aromatic heterocycles. The Bertz CT molecular complexity index is 362. The molecule has 2 rings (SSSR count). The molecular formula is C10H10BrNO. The van der Waals surface area contributed by atoms with Crippen LogP contribution in [0.3, 0.4) is 0 Å². The van der Waals surface area contributed by atoms with E-state index in [9.17, 15) is 4.79 Å². The number of ketones is 1. The Kier molecular flexibility index (Phi) is 2.20. The Labute approximate surface area is 85.5 Å². The van der Waals surface area contributed by atoms with E-state index in [1.54, 1.807) is 6.20 Å². The van der Waals surface area contributed by atoms with E-state index in [2.05, 4.69) is 27.8 Å². The van der Waals surface area contributed by atoms with Crippen LogP contribution in [0.5, 0.6) is 0 Å². The molecule has 0 saturated carbocycles. The molecule has 1 aliphatic rings. The fourth-order valence-electron chi connectivity index (χ4n) is 1.70. The average Bonchev–Trinajstić information content (AvgIpc) is 2.06. The minimum atomic E-state index is 0.225. The van der Waals surface area contributed by atoms with E-state index in [0.29, 0.717) is 12.3 Å². The van der Waals surface area contributed by atoms with Crippen molar-refractivity contribution in [1.82, 2.24) is 4.98 Å². The van der Waals surface area contributed by atoms with Crippen LogP contribution in [-0.4, -0.2) is 10.8 Å². The summed E-state index contributed by atoms with van der Waals surface area (Å²) in [5.41, 5.74) is 1.75. The lowest BCUT2D eigenvalue weighted by Gasteiger charge is -2.18. The van der Waals surface area contributed by atoms with Crippen molar-refractivity contribution >= 4 is 21.7 Å². The van der Waals surface area contributed by atoms with Crippen molar-refractivity contribution in [3.8, 4) is 0 Å². The average molecular weight is 240 g/mol. The van der Waals surface area contributed by atoms with Crippen LogP contribution >= 0.6 is 15.9 Å². The molecule has 3 heteroatoms. The van der Waals surface area contributed by atoms with Crippen molar-refractivity contribution in [3.05, 3.63) is 28.0 Å². The third kappa shape index (κ3) is 1.66. The molecule has 1 atom stereocenters. The molecule has 2 nitrogen and oxygen atoms in total. The van der Waals surface area contributed by atoms with Crippen molar-refractivity contribution in [3.63, 3.8) is 0 Å². The van der Waals surface area contributed by atoms with Gasteiger partial charge in [0.25, 0.3) is 0 Å². The van der Waals surface area contributed by atoms with Crippen LogP contribution in [0.1, 0.15) is 29.4 Å². The van der Waals surface area contributed by atoms with Crippen LogP contribution in [0.15, 0.2) is 16.7 Å². The monoisotopic (exact) mass is 239 g/mol. The Morgan fingerprint density at radius 3 is 3.08 bits per heavy atom. The largest absolute Gasteiger partial charge is 0.294 e. The van der Waals surface area contributed by atoms with Gasteiger partial charge in [0.2, 0.25) is 0 Å². The van der Waals surface area contributed by atoms with Gasteiger partial charge < -0.3 is 0 Å². The number of hydrogen-bond donors (Lipinski definition) is 0. The van der Waals surface area contributed by atoms with Gasteiger partial charge in [0.05, 0.1) is 5.69 Å². The molecule has 0 radical (unpaired) electrons. The van der Waals surface area contributed by atoms with Gasteiger partial charge in [-0.15, -0.1) is 0 Å². The minimum absolute atomic E-state index is 0.225. The maximum atomic E-state index is 11.6. The van der Waals surface area contributed by atoms with Crippen LogP contribution in [0.2, 0.25) is 0 Å². The second-order valence-corrected chi connectivity index (χ2v) is 4.50. The molecule has 1 aromatic rings. The zero-order chi connectivity index (χ0) is 9.42. The fourth-order valence-corrected chi connectivity index (χ4v) is 2.03. The molecule has 68 valence electrons. The summed E-state index contributed by atoms with van der Waals surface area (Å²) in [6.45, 7) is 2.09. The van der Waals surface area contributed by atoms with Gasteiger partial charge in [-0.25, -0.2) is 0 Å².